The third kappa shape index (κ3) is 3.71. The highest BCUT2D eigenvalue weighted by Gasteiger charge is 2.21. The standard InChI is InChI=1S/C20H16FN3O4/c21-15-5-1-13(2-6-15)17-11-23-18(28-17)12-27-19(25)14-3-7-16(8-4-14)24-10-9-22-20(24)26/h1-8,11H,9-10,12H2,(H,22,26). The Morgan fingerprint density at radius 2 is 1.93 bits per heavy atom. The average Bonchev–Trinajstić information content (AvgIpc) is 3.36. The van der Waals surface area contributed by atoms with Crippen molar-refractivity contribution in [2.75, 3.05) is 18.0 Å². The van der Waals surface area contributed by atoms with E-state index in [4.69, 9.17) is 9.15 Å². The molecule has 8 heteroatoms. The number of amides is 2. The van der Waals surface area contributed by atoms with Gasteiger partial charge in [-0.05, 0) is 48.5 Å². The van der Waals surface area contributed by atoms with Crippen molar-refractivity contribution in [2.45, 2.75) is 6.61 Å². The van der Waals surface area contributed by atoms with Crippen LogP contribution in [-0.4, -0.2) is 30.1 Å². The highest BCUT2D eigenvalue weighted by atomic mass is 19.1. The number of hydrogen-bond acceptors (Lipinski definition) is 5. The Hall–Kier alpha value is -3.68. The van der Waals surface area contributed by atoms with Crippen LogP contribution in [0.4, 0.5) is 14.9 Å². The summed E-state index contributed by atoms with van der Waals surface area (Å²) in [4.78, 5) is 29.5. The van der Waals surface area contributed by atoms with Gasteiger partial charge in [-0.25, -0.2) is 19.0 Å². The van der Waals surface area contributed by atoms with Crippen LogP contribution in [0.1, 0.15) is 16.2 Å². The molecule has 0 saturated carbocycles. The molecule has 1 N–H and O–H groups in total. The van der Waals surface area contributed by atoms with E-state index < -0.39 is 5.97 Å². The van der Waals surface area contributed by atoms with Gasteiger partial charge in [0.05, 0.1) is 11.8 Å². The molecule has 1 fully saturated rings. The second kappa shape index (κ2) is 7.51. The van der Waals surface area contributed by atoms with E-state index in [-0.39, 0.29) is 24.3 Å². The molecule has 1 saturated heterocycles. The van der Waals surface area contributed by atoms with Crippen LogP contribution in [0.25, 0.3) is 11.3 Å². The first kappa shape index (κ1) is 17.7. The maximum atomic E-state index is 13.0. The highest BCUT2D eigenvalue weighted by Crippen LogP contribution is 2.21. The molecule has 0 aliphatic carbocycles. The Bertz CT molecular complexity index is 999. The van der Waals surface area contributed by atoms with E-state index in [0.29, 0.717) is 35.7 Å². The normalized spacial score (nSPS) is 13.5. The molecule has 4 rings (SSSR count). The Balaban J connectivity index is 1.36. The molecule has 0 spiro atoms. The number of anilines is 1. The summed E-state index contributed by atoms with van der Waals surface area (Å²) in [6.07, 6.45) is 1.49. The number of urea groups is 1. The van der Waals surface area contributed by atoms with Crippen LogP contribution in [-0.2, 0) is 11.3 Å². The van der Waals surface area contributed by atoms with Gasteiger partial charge < -0.3 is 14.5 Å². The lowest BCUT2D eigenvalue weighted by molar-refractivity contribution is 0.0439. The van der Waals surface area contributed by atoms with Gasteiger partial charge in [-0.2, -0.15) is 0 Å². The summed E-state index contributed by atoms with van der Waals surface area (Å²) in [5, 5.41) is 2.72. The summed E-state index contributed by atoms with van der Waals surface area (Å²) in [5.41, 5.74) is 1.74. The fourth-order valence-electron chi connectivity index (χ4n) is 2.83. The number of nitrogens with zero attached hydrogens (tertiary/aromatic N) is 2. The van der Waals surface area contributed by atoms with E-state index >= 15 is 0 Å². The minimum absolute atomic E-state index is 0.129. The minimum atomic E-state index is -0.529. The molecule has 1 aliphatic rings. The molecule has 1 aromatic heterocycles. The molecule has 0 atom stereocenters. The Kier molecular flexibility index (Phi) is 4.76. The molecule has 2 aromatic carbocycles. The molecule has 0 radical (unpaired) electrons. The number of carbonyl (C=O) groups is 2. The van der Waals surface area contributed by atoms with Crippen molar-refractivity contribution in [3.8, 4) is 11.3 Å². The molecular formula is C20H16FN3O4. The number of rotatable bonds is 5. The molecule has 7 nitrogen and oxygen atoms in total. The molecule has 2 amide bonds. The van der Waals surface area contributed by atoms with Crippen LogP contribution < -0.4 is 10.2 Å². The Morgan fingerprint density at radius 1 is 1.18 bits per heavy atom. The minimum Gasteiger partial charge on any atom is -0.452 e. The third-order valence-electron chi connectivity index (χ3n) is 4.28. The summed E-state index contributed by atoms with van der Waals surface area (Å²) in [5.74, 6) is -0.176. The van der Waals surface area contributed by atoms with Crippen molar-refractivity contribution < 1.29 is 23.1 Å². The monoisotopic (exact) mass is 381 g/mol. The SMILES string of the molecule is O=C(OCc1ncc(-c2ccc(F)cc2)o1)c1ccc(N2CCNC2=O)cc1. The first-order valence-electron chi connectivity index (χ1n) is 8.63. The fourth-order valence-corrected chi connectivity index (χ4v) is 2.83. The van der Waals surface area contributed by atoms with Crippen molar-refractivity contribution in [2.24, 2.45) is 0 Å². The fraction of sp³-hybridized carbons (Fsp3) is 0.150. The van der Waals surface area contributed by atoms with E-state index in [1.807, 2.05) is 0 Å². The molecule has 3 aromatic rings. The number of aromatic nitrogens is 1. The van der Waals surface area contributed by atoms with Crippen molar-refractivity contribution in [3.63, 3.8) is 0 Å². The number of oxazole rings is 1. The van der Waals surface area contributed by atoms with Gasteiger partial charge in [0, 0.05) is 24.3 Å². The van der Waals surface area contributed by atoms with Gasteiger partial charge >= 0.3 is 12.0 Å². The van der Waals surface area contributed by atoms with Gasteiger partial charge in [-0.15, -0.1) is 0 Å². The predicted molar refractivity (Wildman–Crippen MR) is 98.2 cm³/mol. The largest absolute Gasteiger partial charge is 0.452 e. The van der Waals surface area contributed by atoms with Crippen molar-refractivity contribution in [1.29, 1.82) is 0 Å². The van der Waals surface area contributed by atoms with Crippen LogP contribution in [0.2, 0.25) is 0 Å². The lowest BCUT2D eigenvalue weighted by Gasteiger charge is -2.14. The van der Waals surface area contributed by atoms with E-state index in [9.17, 15) is 14.0 Å². The molecule has 1 aliphatic heterocycles. The van der Waals surface area contributed by atoms with Crippen LogP contribution >= 0.6 is 0 Å². The van der Waals surface area contributed by atoms with Crippen LogP contribution in [0.5, 0.6) is 0 Å². The maximum absolute atomic E-state index is 13.0. The lowest BCUT2D eigenvalue weighted by Crippen LogP contribution is -2.27. The lowest BCUT2D eigenvalue weighted by atomic mass is 10.2. The van der Waals surface area contributed by atoms with E-state index in [1.165, 1.54) is 18.3 Å². The maximum Gasteiger partial charge on any atom is 0.338 e. The van der Waals surface area contributed by atoms with Crippen molar-refractivity contribution in [3.05, 3.63) is 72.0 Å². The Morgan fingerprint density at radius 3 is 2.61 bits per heavy atom. The van der Waals surface area contributed by atoms with Gasteiger partial charge in [-0.1, -0.05) is 0 Å². The third-order valence-corrected chi connectivity index (χ3v) is 4.28. The summed E-state index contributed by atoms with van der Waals surface area (Å²) < 4.78 is 23.7. The zero-order chi connectivity index (χ0) is 19.5. The quantitative estimate of drug-likeness (QED) is 0.685. The zero-order valence-corrected chi connectivity index (χ0v) is 14.7. The number of hydrogen-bond donors (Lipinski definition) is 1. The summed E-state index contributed by atoms with van der Waals surface area (Å²) in [6.45, 7) is 1.05. The smallest absolute Gasteiger partial charge is 0.338 e. The van der Waals surface area contributed by atoms with E-state index in [0.717, 1.165) is 0 Å². The molecule has 0 bridgehead atoms. The van der Waals surface area contributed by atoms with Gasteiger partial charge in [0.25, 0.3) is 0 Å². The second-order valence-electron chi connectivity index (χ2n) is 6.13. The topological polar surface area (TPSA) is 84.7 Å². The first-order chi connectivity index (χ1) is 13.6. The van der Waals surface area contributed by atoms with Crippen LogP contribution in [0.3, 0.4) is 0 Å². The molecule has 0 unspecified atom stereocenters. The Labute approximate surface area is 159 Å². The summed E-state index contributed by atoms with van der Waals surface area (Å²) in [6, 6.07) is 12.2. The van der Waals surface area contributed by atoms with E-state index in [2.05, 4.69) is 10.3 Å². The molecular weight excluding hydrogens is 365 g/mol. The number of ether oxygens (including phenoxy) is 1. The highest BCUT2D eigenvalue weighted by molar-refractivity contribution is 5.95. The first-order valence-corrected chi connectivity index (χ1v) is 8.63. The predicted octanol–water partition coefficient (Wildman–Crippen LogP) is 3.37. The molecule has 2 heterocycles. The molecule has 28 heavy (non-hydrogen) atoms. The van der Waals surface area contributed by atoms with E-state index in [1.54, 1.807) is 41.3 Å². The zero-order valence-electron chi connectivity index (χ0n) is 14.7. The van der Waals surface area contributed by atoms with Gasteiger partial charge in [0.2, 0.25) is 5.89 Å². The number of esters is 1. The average molecular weight is 381 g/mol. The number of nitrogens with one attached hydrogen (secondary N) is 1. The summed E-state index contributed by atoms with van der Waals surface area (Å²) in [7, 11) is 0. The van der Waals surface area contributed by atoms with Crippen LogP contribution in [0.15, 0.2) is 59.1 Å². The summed E-state index contributed by atoms with van der Waals surface area (Å²) >= 11 is 0. The van der Waals surface area contributed by atoms with Gasteiger partial charge in [-0.3, -0.25) is 4.90 Å². The molecule has 142 valence electrons. The van der Waals surface area contributed by atoms with Gasteiger partial charge in [0.15, 0.2) is 12.4 Å². The van der Waals surface area contributed by atoms with Crippen LogP contribution in [0, 0.1) is 5.82 Å². The number of halogens is 1. The van der Waals surface area contributed by atoms with Crippen molar-refractivity contribution >= 4 is 17.7 Å². The number of benzene rings is 2. The van der Waals surface area contributed by atoms with Crippen molar-refractivity contribution in [1.82, 2.24) is 10.3 Å². The number of carbonyl (C=O) groups excluding carboxylic acids is 2. The second-order valence-corrected chi connectivity index (χ2v) is 6.13. The van der Waals surface area contributed by atoms with Gasteiger partial charge in [0.1, 0.15) is 5.82 Å².